The summed E-state index contributed by atoms with van der Waals surface area (Å²) < 4.78 is 26.5. The minimum atomic E-state index is -2.46. The topological polar surface area (TPSA) is 32.3 Å². The number of carbonyl (C=O) groups is 1. The zero-order chi connectivity index (χ0) is 16.8. The first kappa shape index (κ1) is 17.1. The molecule has 1 saturated heterocycles. The van der Waals surface area contributed by atoms with Gasteiger partial charge in [0.25, 0.3) is 0 Å². The van der Waals surface area contributed by atoms with Crippen molar-refractivity contribution in [1.82, 2.24) is 10.2 Å². The van der Waals surface area contributed by atoms with Crippen LogP contribution in [0.5, 0.6) is 0 Å². The van der Waals surface area contributed by atoms with Crippen LogP contribution in [0.1, 0.15) is 59.3 Å². The summed E-state index contributed by atoms with van der Waals surface area (Å²) in [7, 11) is 0. The van der Waals surface area contributed by atoms with Crippen LogP contribution in [0.25, 0.3) is 0 Å². The molecule has 1 heterocycles. The lowest BCUT2D eigenvalue weighted by atomic mass is 9.87. The molecule has 4 atom stereocenters. The Labute approximate surface area is 138 Å². The van der Waals surface area contributed by atoms with Crippen molar-refractivity contribution in [3.63, 3.8) is 0 Å². The fourth-order valence-corrected chi connectivity index (χ4v) is 5.11. The van der Waals surface area contributed by atoms with Crippen molar-refractivity contribution >= 4 is 5.91 Å². The molecule has 3 rings (SSSR count). The summed E-state index contributed by atoms with van der Waals surface area (Å²) in [6.07, 6.45) is 2.91. The van der Waals surface area contributed by atoms with E-state index in [-0.39, 0.29) is 24.9 Å². The first-order chi connectivity index (χ1) is 10.8. The van der Waals surface area contributed by atoms with Gasteiger partial charge in [0, 0.05) is 37.4 Å². The highest BCUT2D eigenvalue weighted by Crippen LogP contribution is 2.46. The zero-order valence-electron chi connectivity index (χ0n) is 14.5. The maximum Gasteiger partial charge on any atom is 0.248 e. The maximum absolute atomic E-state index is 13.2. The van der Waals surface area contributed by atoms with Crippen molar-refractivity contribution in [3.05, 3.63) is 0 Å². The highest BCUT2D eigenvalue weighted by atomic mass is 19.3. The molecule has 0 aromatic heterocycles. The Kier molecular flexibility index (Phi) is 4.69. The molecule has 0 bridgehead atoms. The molecule has 1 aliphatic heterocycles. The minimum Gasteiger partial charge on any atom is -0.337 e. The van der Waals surface area contributed by atoms with Crippen LogP contribution in [-0.4, -0.2) is 41.4 Å². The van der Waals surface area contributed by atoms with Crippen molar-refractivity contribution in [1.29, 1.82) is 0 Å². The summed E-state index contributed by atoms with van der Waals surface area (Å²) in [5, 5.41) is 3.54. The molecule has 0 aromatic rings. The fourth-order valence-electron chi connectivity index (χ4n) is 5.11. The van der Waals surface area contributed by atoms with Crippen LogP contribution >= 0.6 is 0 Å². The van der Waals surface area contributed by atoms with Crippen LogP contribution in [0, 0.1) is 17.8 Å². The van der Waals surface area contributed by atoms with Gasteiger partial charge in [0.1, 0.15) is 0 Å². The first-order valence-corrected chi connectivity index (χ1v) is 9.21. The predicted octanol–water partition coefficient (Wildman–Crippen LogP) is 3.44. The lowest BCUT2D eigenvalue weighted by Gasteiger charge is -2.31. The predicted molar refractivity (Wildman–Crippen MR) is 86.4 cm³/mol. The molecule has 0 radical (unpaired) electrons. The summed E-state index contributed by atoms with van der Waals surface area (Å²) in [5.41, 5.74) is 0. The number of rotatable bonds is 4. The van der Waals surface area contributed by atoms with E-state index in [0.717, 1.165) is 13.0 Å². The molecular weight excluding hydrogens is 298 g/mol. The van der Waals surface area contributed by atoms with E-state index < -0.39 is 5.92 Å². The standard InChI is InChI=1S/C18H30F2N2O/c1-11(2)22-16-8-12(3)15(14(16)9-17(22)23)10-21-13-4-6-18(19,20)7-5-13/h11-16,21H,4-10H2,1-3H3/t12-,14-,15+,16+/m0/s1. The number of hydrogen-bond acceptors (Lipinski definition) is 2. The molecule has 23 heavy (non-hydrogen) atoms. The highest BCUT2D eigenvalue weighted by Gasteiger charge is 2.51. The van der Waals surface area contributed by atoms with Gasteiger partial charge in [-0.15, -0.1) is 0 Å². The van der Waals surface area contributed by atoms with E-state index in [9.17, 15) is 13.6 Å². The van der Waals surface area contributed by atoms with Crippen LogP contribution in [0.15, 0.2) is 0 Å². The molecule has 2 saturated carbocycles. The molecule has 3 fully saturated rings. The molecule has 3 aliphatic rings. The molecule has 0 unspecified atom stereocenters. The van der Waals surface area contributed by atoms with Gasteiger partial charge in [-0.3, -0.25) is 4.79 Å². The molecule has 3 nitrogen and oxygen atoms in total. The van der Waals surface area contributed by atoms with E-state index in [1.54, 1.807) is 0 Å². The third-order valence-corrected chi connectivity index (χ3v) is 6.36. The van der Waals surface area contributed by atoms with Gasteiger partial charge in [-0.1, -0.05) is 6.92 Å². The average molecular weight is 328 g/mol. The van der Waals surface area contributed by atoms with Gasteiger partial charge < -0.3 is 10.2 Å². The smallest absolute Gasteiger partial charge is 0.248 e. The Morgan fingerprint density at radius 2 is 1.96 bits per heavy atom. The third-order valence-electron chi connectivity index (χ3n) is 6.36. The van der Waals surface area contributed by atoms with Crippen LogP contribution in [0.2, 0.25) is 0 Å². The first-order valence-electron chi connectivity index (χ1n) is 9.21. The number of halogens is 2. The second-order valence-corrected chi connectivity index (χ2v) is 8.25. The van der Waals surface area contributed by atoms with E-state index in [1.165, 1.54) is 0 Å². The molecule has 0 aromatic carbocycles. The number of fused-ring (bicyclic) bond motifs is 1. The average Bonchev–Trinajstić information content (AvgIpc) is 2.91. The molecule has 1 amide bonds. The Hall–Kier alpha value is -0.710. The lowest BCUT2D eigenvalue weighted by molar-refractivity contribution is -0.130. The maximum atomic E-state index is 13.2. The summed E-state index contributed by atoms with van der Waals surface area (Å²) >= 11 is 0. The van der Waals surface area contributed by atoms with Crippen molar-refractivity contribution in [2.75, 3.05) is 6.54 Å². The van der Waals surface area contributed by atoms with Crippen molar-refractivity contribution in [3.8, 4) is 0 Å². The minimum absolute atomic E-state index is 0.0105. The molecule has 0 spiro atoms. The number of alkyl halides is 2. The number of amides is 1. The van der Waals surface area contributed by atoms with Gasteiger partial charge in [-0.05, 0) is 57.4 Å². The Bertz CT molecular complexity index is 444. The number of hydrogen-bond donors (Lipinski definition) is 1. The Morgan fingerprint density at radius 3 is 2.57 bits per heavy atom. The summed E-state index contributed by atoms with van der Waals surface area (Å²) in [6.45, 7) is 7.35. The highest BCUT2D eigenvalue weighted by molar-refractivity contribution is 5.80. The molecule has 132 valence electrons. The number of nitrogens with zero attached hydrogens (tertiary/aromatic N) is 1. The second-order valence-electron chi connectivity index (χ2n) is 8.25. The van der Waals surface area contributed by atoms with Crippen LogP contribution in [0.4, 0.5) is 8.78 Å². The van der Waals surface area contributed by atoms with E-state index >= 15 is 0 Å². The summed E-state index contributed by atoms with van der Waals surface area (Å²) in [6, 6.07) is 0.885. The number of nitrogens with one attached hydrogen (secondary N) is 1. The normalized spacial score (nSPS) is 37.7. The second kappa shape index (κ2) is 6.30. The van der Waals surface area contributed by atoms with Crippen molar-refractivity contribution < 1.29 is 13.6 Å². The van der Waals surface area contributed by atoms with Gasteiger partial charge in [-0.2, -0.15) is 0 Å². The van der Waals surface area contributed by atoms with E-state index in [4.69, 9.17) is 0 Å². The van der Waals surface area contributed by atoms with Crippen LogP contribution in [0.3, 0.4) is 0 Å². The monoisotopic (exact) mass is 328 g/mol. The van der Waals surface area contributed by atoms with Gasteiger partial charge in [0.15, 0.2) is 0 Å². The molecular formula is C18H30F2N2O. The van der Waals surface area contributed by atoms with E-state index in [1.807, 2.05) is 0 Å². The molecule has 5 heteroatoms. The Balaban J connectivity index is 1.56. The number of likely N-dealkylation sites (tertiary alicyclic amines) is 1. The quantitative estimate of drug-likeness (QED) is 0.857. The SMILES string of the molecule is CC(C)N1C(=O)C[C@H]2[C@H](CNC3CCC(F)(F)CC3)[C@@H](C)C[C@H]21. The fraction of sp³-hybridized carbons (Fsp3) is 0.944. The van der Waals surface area contributed by atoms with Crippen molar-refractivity contribution in [2.45, 2.75) is 83.3 Å². The number of carbonyl (C=O) groups excluding carboxylic acids is 1. The lowest BCUT2D eigenvalue weighted by Crippen LogP contribution is -2.41. The van der Waals surface area contributed by atoms with Crippen LogP contribution in [-0.2, 0) is 4.79 Å². The van der Waals surface area contributed by atoms with Gasteiger partial charge >= 0.3 is 0 Å². The summed E-state index contributed by atoms with van der Waals surface area (Å²) in [5.74, 6) is -0.631. The third kappa shape index (κ3) is 3.40. The molecule has 1 N–H and O–H groups in total. The largest absolute Gasteiger partial charge is 0.337 e. The van der Waals surface area contributed by atoms with E-state index in [0.29, 0.717) is 49.0 Å². The Morgan fingerprint density at radius 1 is 1.30 bits per heavy atom. The van der Waals surface area contributed by atoms with Gasteiger partial charge in [0.2, 0.25) is 11.8 Å². The van der Waals surface area contributed by atoms with Crippen LogP contribution < -0.4 is 5.32 Å². The van der Waals surface area contributed by atoms with E-state index in [2.05, 4.69) is 31.0 Å². The van der Waals surface area contributed by atoms with Gasteiger partial charge in [0.05, 0.1) is 0 Å². The van der Waals surface area contributed by atoms with Gasteiger partial charge in [-0.25, -0.2) is 8.78 Å². The zero-order valence-corrected chi connectivity index (χ0v) is 14.5. The summed E-state index contributed by atoms with van der Waals surface area (Å²) in [4.78, 5) is 14.4. The van der Waals surface area contributed by atoms with Crippen molar-refractivity contribution in [2.24, 2.45) is 17.8 Å². The molecule has 2 aliphatic carbocycles.